The summed E-state index contributed by atoms with van der Waals surface area (Å²) >= 11 is 0. The van der Waals surface area contributed by atoms with E-state index in [0.29, 0.717) is 13.0 Å². The number of aliphatic hydroxyl groups is 1. The Balaban J connectivity index is 1.80. The van der Waals surface area contributed by atoms with E-state index in [2.05, 4.69) is 0 Å². The van der Waals surface area contributed by atoms with E-state index >= 15 is 0 Å². The number of carbonyl (C=O) groups is 1. The number of hydrogen-bond donors (Lipinski definition) is 1. The summed E-state index contributed by atoms with van der Waals surface area (Å²) in [5.74, 6) is 0.102. The van der Waals surface area contributed by atoms with E-state index in [9.17, 15) is 9.90 Å². The van der Waals surface area contributed by atoms with Crippen LogP contribution in [0.4, 0.5) is 0 Å². The smallest absolute Gasteiger partial charge is 0.306 e. The number of epoxide rings is 1. The first-order chi connectivity index (χ1) is 6.72. The van der Waals surface area contributed by atoms with E-state index in [4.69, 9.17) is 9.47 Å². The van der Waals surface area contributed by atoms with Crippen LogP contribution < -0.4 is 0 Å². The van der Waals surface area contributed by atoms with Crippen LogP contribution in [0.3, 0.4) is 0 Å². The molecule has 1 aliphatic heterocycles. The quantitative estimate of drug-likeness (QED) is 0.531. The van der Waals surface area contributed by atoms with Crippen molar-refractivity contribution in [1.82, 2.24) is 0 Å². The molecule has 2 rings (SSSR count). The van der Waals surface area contributed by atoms with Crippen LogP contribution in [0, 0.1) is 5.92 Å². The van der Waals surface area contributed by atoms with E-state index < -0.39 is 0 Å². The SMILES string of the molecule is CCOC(=O)C[C@@H]1CC[C@@H](O)[C@@H]2O[C@H]12. The molecule has 1 saturated carbocycles. The summed E-state index contributed by atoms with van der Waals surface area (Å²) < 4.78 is 10.2. The highest BCUT2D eigenvalue weighted by molar-refractivity contribution is 5.69. The number of esters is 1. The molecule has 1 aliphatic carbocycles. The number of hydrogen-bond acceptors (Lipinski definition) is 4. The predicted molar refractivity (Wildman–Crippen MR) is 48.6 cm³/mol. The molecule has 14 heavy (non-hydrogen) atoms. The van der Waals surface area contributed by atoms with Gasteiger partial charge in [-0.3, -0.25) is 4.79 Å². The van der Waals surface area contributed by atoms with E-state index in [-0.39, 0.29) is 30.2 Å². The molecule has 0 aromatic rings. The summed E-state index contributed by atoms with van der Waals surface area (Å²) in [5, 5.41) is 9.43. The number of aliphatic hydroxyl groups excluding tert-OH is 1. The first kappa shape index (κ1) is 9.93. The van der Waals surface area contributed by atoms with Gasteiger partial charge in [0.25, 0.3) is 0 Å². The number of fused-ring (bicyclic) bond motifs is 1. The first-order valence-electron chi connectivity index (χ1n) is 5.21. The van der Waals surface area contributed by atoms with Crippen molar-refractivity contribution < 1.29 is 19.4 Å². The summed E-state index contributed by atoms with van der Waals surface area (Å²) in [6.07, 6.45) is 1.80. The lowest BCUT2D eigenvalue weighted by molar-refractivity contribution is -0.144. The van der Waals surface area contributed by atoms with Gasteiger partial charge >= 0.3 is 5.97 Å². The lowest BCUT2D eigenvalue weighted by Crippen LogP contribution is -2.29. The van der Waals surface area contributed by atoms with Gasteiger partial charge in [-0.25, -0.2) is 0 Å². The highest BCUT2D eigenvalue weighted by Gasteiger charge is 2.52. The fourth-order valence-corrected chi connectivity index (χ4v) is 2.19. The Morgan fingerprint density at radius 3 is 3.00 bits per heavy atom. The van der Waals surface area contributed by atoms with E-state index in [0.717, 1.165) is 12.8 Å². The van der Waals surface area contributed by atoms with Gasteiger partial charge in [-0.05, 0) is 25.7 Å². The normalized spacial score (nSPS) is 40.1. The minimum Gasteiger partial charge on any atom is -0.466 e. The molecule has 1 saturated heterocycles. The second kappa shape index (κ2) is 3.87. The second-order valence-electron chi connectivity index (χ2n) is 3.98. The van der Waals surface area contributed by atoms with Gasteiger partial charge in [0.05, 0.1) is 25.2 Å². The zero-order chi connectivity index (χ0) is 10.1. The highest BCUT2D eigenvalue weighted by Crippen LogP contribution is 2.42. The monoisotopic (exact) mass is 200 g/mol. The molecule has 4 heteroatoms. The molecule has 0 unspecified atom stereocenters. The summed E-state index contributed by atoms with van der Waals surface area (Å²) in [7, 11) is 0. The van der Waals surface area contributed by atoms with Crippen LogP contribution >= 0.6 is 0 Å². The summed E-state index contributed by atoms with van der Waals surface area (Å²) in [6, 6.07) is 0. The van der Waals surface area contributed by atoms with Crippen molar-refractivity contribution in [3.8, 4) is 0 Å². The fourth-order valence-electron chi connectivity index (χ4n) is 2.19. The Morgan fingerprint density at radius 2 is 2.29 bits per heavy atom. The van der Waals surface area contributed by atoms with Crippen LogP contribution in [0.25, 0.3) is 0 Å². The molecular formula is C10H16O4. The Bertz CT molecular complexity index is 228. The summed E-state index contributed by atoms with van der Waals surface area (Å²) in [4.78, 5) is 11.2. The van der Waals surface area contributed by atoms with E-state index in [1.54, 1.807) is 6.92 Å². The molecule has 0 radical (unpaired) electrons. The first-order valence-corrected chi connectivity index (χ1v) is 5.21. The van der Waals surface area contributed by atoms with Crippen LogP contribution in [0.2, 0.25) is 0 Å². The molecule has 0 bridgehead atoms. The van der Waals surface area contributed by atoms with E-state index in [1.807, 2.05) is 0 Å². The average molecular weight is 200 g/mol. The zero-order valence-corrected chi connectivity index (χ0v) is 8.31. The predicted octanol–water partition coefficient (Wildman–Crippen LogP) is 0.478. The Hall–Kier alpha value is -0.610. The van der Waals surface area contributed by atoms with Gasteiger partial charge in [0, 0.05) is 0 Å². The molecule has 0 amide bonds. The second-order valence-corrected chi connectivity index (χ2v) is 3.98. The van der Waals surface area contributed by atoms with Crippen LogP contribution in [0.15, 0.2) is 0 Å². The van der Waals surface area contributed by atoms with Crippen LogP contribution in [-0.4, -0.2) is 36.0 Å². The molecule has 1 N–H and O–H groups in total. The van der Waals surface area contributed by atoms with Crippen molar-refractivity contribution in [1.29, 1.82) is 0 Å². The maximum Gasteiger partial charge on any atom is 0.306 e. The van der Waals surface area contributed by atoms with Crippen molar-refractivity contribution in [2.45, 2.75) is 44.5 Å². The number of carbonyl (C=O) groups excluding carboxylic acids is 1. The van der Waals surface area contributed by atoms with Gasteiger partial charge in [0.1, 0.15) is 6.10 Å². The fraction of sp³-hybridized carbons (Fsp3) is 0.900. The largest absolute Gasteiger partial charge is 0.466 e. The van der Waals surface area contributed by atoms with Gasteiger partial charge in [0.2, 0.25) is 0 Å². The summed E-state index contributed by atoms with van der Waals surface area (Å²) in [5.41, 5.74) is 0. The molecule has 4 atom stereocenters. The average Bonchev–Trinajstić information content (AvgIpc) is 2.90. The van der Waals surface area contributed by atoms with Gasteiger partial charge in [-0.2, -0.15) is 0 Å². The van der Waals surface area contributed by atoms with E-state index in [1.165, 1.54) is 0 Å². The molecular weight excluding hydrogens is 184 g/mol. The number of ether oxygens (including phenoxy) is 2. The molecule has 2 aliphatic rings. The van der Waals surface area contributed by atoms with Crippen molar-refractivity contribution in [2.75, 3.05) is 6.61 Å². The Labute approximate surface area is 83.2 Å². The summed E-state index contributed by atoms with van der Waals surface area (Å²) in [6.45, 7) is 2.24. The van der Waals surface area contributed by atoms with Crippen LogP contribution in [0.5, 0.6) is 0 Å². The van der Waals surface area contributed by atoms with Crippen molar-refractivity contribution in [2.24, 2.45) is 5.92 Å². The van der Waals surface area contributed by atoms with Crippen molar-refractivity contribution in [3.63, 3.8) is 0 Å². The maximum absolute atomic E-state index is 11.2. The molecule has 2 fully saturated rings. The van der Waals surface area contributed by atoms with Gasteiger partial charge in [0.15, 0.2) is 0 Å². The van der Waals surface area contributed by atoms with Crippen molar-refractivity contribution >= 4 is 5.97 Å². The number of rotatable bonds is 3. The maximum atomic E-state index is 11.2. The zero-order valence-electron chi connectivity index (χ0n) is 8.31. The Kier molecular flexibility index (Phi) is 2.74. The van der Waals surface area contributed by atoms with Gasteiger partial charge in [-0.15, -0.1) is 0 Å². The van der Waals surface area contributed by atoms with Crippen LogP contribution in [0.1, 0.15) is 26.2 Å². The van der Waals surface area contributed by atoms with Gasteiger partial charge in [-0.1, -0.05) is 0 Å². The molecule has 80 valence electrons. The standard InChI is InChI=1S/C10H16O4/c1-2-13-8(12)5-6-3-4-7(11)10-9(6)14-10/h6-7,9-11H,2-5H2,1H3/t6-,7+,9+,10-/m0/s1. The third-order valence-corrected chi connectivity index (χ3v) is 2.97. The lowest BCUT2D eigenvalue weighted by Gasteiger charge is -2.20. The molecule has 4 nitrogen and oxygen atoms in total. The minimum atomic E-state index is -0.321. The Morgan fingerprint density at radius 1 is 1.50 bits per heavy atom. The third kappa shape index (κ3) is 1.91. The van der Waals surface area contributed by atoms with Gasteiger partial charge < -0.3 is 14.6 Å². The molecule has 1 heterocycles. The third-order valence-electron chi connectivity index (χ3n) is 2.97. The minimum absolute atomic E-state index is 0.0109. The highest BCUT2D eigenvalue weighted by atomic mass is 16.6. The molecule has 0 spiro atoms. The van der Waals surface area contributed by atoms with Crippen molar-refractivity contribution in [3.05, 3.63) is 0 Å². The topological polar surface area (TPSA) is 59.1 Å². The molecule has 0 aromatic heterocycles. The lowest BCUT2D eigenvalue weighted by atomic mass is 9.85. The van der Waals surface area contributed by atoms with Crippen LogP contribution in [-0.2, 0) is 14.3 Å². The molecule has 0 aromatic carbocycles.